The summed E-state index contributed by atoms with van der Waals surface area (Å²) in [6.45, 7) is 0. The Bertz CT molecular complexity index is 1300. The van der Waals surface area contributed by atoms with Crippen LogP contribution in [0.2, 0.25) is 5.02 Å². The molecular weight excluding hydrogens is 460 g/mol. The molecule has 0 aliphatic heterocycles. The van der Waals surface area contributed by atoms with Crippen LogP contribution in [-0.4, -0.2) is 35.9 Å². The Morgan fingerprint density at radius 3 is 2.12 bits per heavy atom. The second-order valence-electron chi connectivity index (χ2n) is 6.86. The molecule has 0 radical (unpaired) electrons. The first-order valence-corrected chi connectivity index (χ1v) is 11.1. The Hall–Kier alpha value is -3.55. The molecule has 0 unspecified atom stereocenters. The van der Waals surface area contributed by atoms with E-state index >= 15 is 0 Å². The zero-order valence-corrected chi connectivity index (χ0v) is 19.4. The molecule has 0 aliphatic carbocycles. The maximum absolute atomic E-state index is 12.7. The third-order valence-electron chi connectivity index (χ3n) is 4.85. The fraction of sp³-hybridized carbons (Fsp3) is 0.0800. The number of rotatable bonds is 6. The van der Waals surface area contributed by atoms with E-state index in [2.05, 4.69) is 5.10 Å². The SMILES string of the molecule is COC(=O)c1c(-c2ccc(Sc3ccccc3Cl)cc2)nn(-c2ccccc2)c1C(=O)OC. The van der Waals surface area contributed by atoms with Gasteiger partial charge in [0, 0.05) is 15.4 Å². The number of hydrogen-bond acceptors (Lipinski definition) is 6. The van der Waals surface area contributed by atoms with Crippen molar-refractivity contribution in [1.29, 1.82) is 0 Å². The number of methoxy groups -OCH3 is 2. The van der Waals surface area contributed by atoms with Gasteiger partial charge in [-0.05, 0) is 36.4 Å². The maximum atomic E-state index is 12.7. The molecular formula is C25H19ClN2O4S. The Kier molecular flexibility index (Phi) is 6.82. The summed E-state index contributed by atoms with van der Waals surface area (Å²) in [5, 5.41) is 5.27. The standard InChI is InChI=1S/C25H19ClN2O4S/c1-31-24(29)21-22(27-28(23(21)25(30)32-2)17-8-4-3-5-9-17)16-12-14-18(15-13-16)33-20-11-7-6-10-19(20)26/h3-15H,1-2H3. The van der Waals surface area contributed by atoms with Crippen molar-refractivity contribution in [3.8, 4) is 16.9 Å². The van der Waals surface area contributed by atoms with Crippen LogP contribution in [0.3, 0.4) is 0 Å². The van der Waals surface area contributed by atoms with E-state index in [0.29, 0.717) is 22.0 Å². The largest absolute Gasteiger partial charge is 0.465 e. The van der Waals surface area contributed by atoms with Crippen LogP contribution in [0.1, 0.15) is 20.8 Å². The fourth-order valence-corrected chi connectivity index (χ4v) is 4.38. The minimum atomic E-state index is -0.691. The van der Waals surface area contributed by atoms with E-state index in [1.54, 1.807) is 12.1 Å². The fourth-order valence-electron chi connectivity index (χ4n) is 3.29. The minimum Gasteiger partial charge on any atom is -0.465 e. The predicted octanol–water partition coefficient (Wildman–Crippen LogP) is 5.92. The second-order valence-corrected chi connectivity index (χ2v) is 8.38. The van der Waals surface area contributed by atoms with E-state index in [-0.39, 0.29) is 11.3 Å². The Labute approximate surface area is 200 Å². The van der Waals surface area contributed by atoms with Crippen molar-refractivity contribution in [2.24, 2.45) is 0 Å². The second kappa shape index (κ2) is 9.94. The Balaban J connectivity index is 1.81. The van der Waals surface area contributed by atoms with E-state index in [4.69, 9.17) is 21.1 Å². The number of aromatic nitrogens is 2. The third-order valence-corrected chi connectivity index (χ3v) is 6.37. The average Bonchev–Trinajstić information content (AvgIpc) is 3.26. The lowest BCUT2D eigenvalue weighted by Gasteiger charge is -2.07. The molecule has 166 valence electrons. The summed E-state index contributed by atoms with van der Waals surface area (Å²) in [6.07, 6.45) is 0. The van der Waals surface area contributed by atoms with Crippen LogP contribution in [-0.2, 0) is 9.47 Å². The number of carbonyl (C=O) groups is 2. The zero-order valence-electron chi connectivity index (χ0n) is 17.8. The van der Waals surface area contributed by atoms with Gasteiger partial charge >= 0.3 is 11.9 Å². The first-order valence-electron chi connectivity index (χ1n) is 9.91. The Morgan fingerprint density at radius 2 is 1.48 bits per heavy atom. The highest BCUT2D eigenvalue weighted by Crippen LogP contribution is 2.35. The number of para-hydroxylation sites is 1. The molecule has 33 heavy (non-hydrogen) atoms. The number of esters is 2. The molecule has 8 heteroatoms. The van der Waals surface area contributed by atoms with Crippen LogP contribution in [0.4, 0.5) is 0 Å². The van der Waals surface area contributed by atoms with E-state index in [9.17, 15) is 9.59 Å². The number of ether oxygens (including phenoxy) is 2. The van der Waals surface area contributed by atoms with Crippen LogP contribution in [0.5, 0.6) is 0 Å². The van der Waals surface area contributed by atoms with Crippen molar-refractivity contribution < 1.29 is 19.1 Å². The van der Waals surface area contributed by atoms with E-state index in [1.807, 2.05) is 66.7 Å². The van der Waals surface area contributed by atoms with Gasteiger partial charge in [-0.25, -0.2) is 14.3 Å². The summed E-state index contributed by atoms with van der Waals surface area (Å²) in [6, 6.07) is 24.1. The molecule has 1 heterocycles. The van der Waals surface area contributed by atoms with Crippen molar-refractivity contribution >= 4 is 35.3 Å². The molecule has 4 aromatic rings. The normalized spacial score (nSPS) is 10.6. The van der Waals surface area contributed by atoms with Crippen molar-refractivity contribution in [2.75, 3.05) is 14.2 Å². The van der Waals surface area contributed by atoms with Crippen LogP contribution in [0.25, 0.3) is 16.9 Å². The smallest absolute Gasteiger partial charge is 0.357 e. The molecule has 0 fully saturated rings. The topological polar surface area (TPSA) is 70.4 Å². The third kappa shape index (κ3) is 4.65. The van der Waals surface area contributed by atoms with Gasteiger partial charge in [-0.2, -0.15) is 5.10 Å². The average molecular weight is 479 g/mol. The van der Waals surface area contributed by atoms with Gasteiger partial charge < -0.3 is 9.47 Å². The monoisotopic (exact) mass is 478 g/mol. The molecule has 0 amide bonds. The van der Waals surface area contributed by atoms with Gasteiger partial charge in [-0.1, -0.05) is 65.8 Å². The van der Waals surface area contributed by atoms with Crippen LogP contribution in [0.15, 0.2) is 88.7 Å². The van der Waals surface area contributed by atoms with E-state index in [1.165, 1.54) is 30.7 Å². The van der Waals surface area contributed by atoms with Gasteiger partial charge in [0.05, 0.1) is 24.9 Å². The number of halogens is 1. The van der Waals surface area contributed by atoms with Crippen molar-refractivity contribution in [3.63, 3.8) is 0 Å². The first-order chi connectivity index (χ1) is 16.0. The summed E-state index contributed by atoms with van der Waals surface area (Å²) in [5.41, 5.74) is 1.62. The number of hydrogen-bond donors (Lipinski definition) is 0. The number of nitrogens with zero attached hydrogens (tertiary/aromatic N) is 2. The lowest BCUT2D eigenvalue weighted by molar-refractivity contribution is 0.0549. The molecule has 0 aliphatic rings. The van der Waals surface area contributed by atoms with Crippen molar-refractivity contribution in [1.82, 2.24) is 9.78 Å². The van der Waals surface area contributed by atoms with Crippen LogP contribution >= 0.6 is 23.4 Å². The number of benzene rings is 3. The van der Waals surface area contributed by atoms with Crippen molar-refractivity contribution in [2.45, 2.75) is 9.79 Å². The predicted molar refractivity (Wildman–Crippen MR) is 127 cm³/mol. The summed E-state index contributed by atoms with van der Waals surface area (Å²) in [5.74, 6) is -1.37. The molecule has 0 bridgehead atoms. The summed E-state index contributed by atoms with van der Waals surface area (Å²) >= 11 is 7.79. The van der Waals surface area contributed by atoms with Gasteiger partial charge in [0.15, 0.2) is 5.69 Å². The quantitative estimate of drug-likeness (QED) is 0.320. The summed E-state index contributed by atoms with van der Waals surface area (Å²) < 4.78 is 11.3. The summed E-state index contributed by atoms with van der Waals surface area (Å²) in [4.78, 5) is 27.3. The van der Waals surface area contributed by atoms with E-state index in [0.717, 1.165) is 9.79 Å². The number of carbonyl (C=O) groups excluding carboxylic acids is 2. The maximum Gasteiger partial charge on any atom is 0.357 e. The lowest BCUT2D eigenvalue weighted by atomic mass is 10.1. The first kappa shape index (κ1) is 22.6. The highest BCUT2D eigenvalue weighted by molar-refractivity contribution is 7.99. The molecule has 6 nitrogen and oxygen atoms in total. The summed E-state index contributed by atoms with van der Waals surface area (Å²) in [7, 11) is 2.52. The van der Waals surface area contributed by atoms with Gasteiger partial charge in [0.25, 0.3) is 0 Å². The molecule has 0 atom stereocenters. The van der Waals surface area contributed by atoms with Gasteiger partial charge in [0.1, 0.15) is 11.3 Å². The van der Waals surface area contributed by atoms with Crippen LogP contribution < -0.4 is 0 Å². The van der Waals surface area contributed by atoms with Gasteiger partial charge in [-0.15, -0.1) is 0 Å². The molecule has 0 saturated heterocycles. The molecule has 0 spiro atoms. The Morgan fingerprint density at radius 1 is 0.848 bits per heavy atom. The van der Waals surface area contributed by atoms with E-state index < -0.39 is 11.9 Å². The molecule has 0 N–H and O–H groups in total. The van der Waals surface area contributed by atoms with Gasteiger partial charge in [0.2, 0.25) is 0 Å². The van der Waals surface area contributed by atoms with Crippen molar-refractivity contribution in [3.05, 3.63) is 95.1 Å². The van der Waals surface area contributed by atoms with Gasteiger partial charge in [-0.3, -0.25) is 0 Å². The lowest BCUT2D eigenvalue weighted by Crippen LogP contribution is -2.15. The highest BCUT2D eigenvalue weighted by atomic mass is 35.5. The molecule has 1 aromatic heterocycles. The zero-order chi connectivity index (χ0) is 23.4. The minimum absolute atomic E-state index is 0.0000638. The molecule has 3 aromatic carbocycles. The van der Waals surface area contributed by atoms with Crippen LogP contribution in [0, 0.1) is 0 Å². The highest BCUT2D eigenvalue weighted by Gasteiger charge is 2.31. The molecule has 4 rings (SSSR count). The molecule has 0 saturated carbocycles.